The van der Waals surface area contributed by atoms with Crippen LogP contribution in [0.15, 0.2) is 18.2 Å². The minimum absolute atomic E-state index is 0.520. The average Bonchev–Trinajstić information content (AvgIpc) is 2.42. The molecule has 0 aliphatic rings. The Morgan fingerprint density at radius 1 is 1.42 bits per heavy atom. The zero-order valence-corrected chi connectivity index (χ0v) is 13.9. The Balaban J connectivity index is 2.88. The lowest BCUT2D eigenvalue weighted by molar-refractivity contribution is 0.660. The van der Waals surface area contributed by atoms with Crippen LogP contribution in [-0.4, -0.2) is 31.6 Å². The van der Waals surface area contributed by atoms with Gasteiger partial charge in [-0.15, -0.1) is 0 Å². The highest BCUT2D eigenvalue weighted by atomic mass is 35.5. The van der Waals surface area contributed by atoms with Gasteiger partial charge in [0, 0.05) is 35.9 Å². The molecule has 1 aromatic carbocycles. The van der Waals surface area contributed by atoms with E-state index in [-0.39, 0.29) is 0 Å². The number of rotatable bonds is 8. The second-order valence-corrected chi connectivity index (χ2v) is 6.15. The highest BCUT2D eigenvalue weighted by molar-refractivity contribution is 7.98. The van der Waals surface area contributed by atoms with Crippen LogP contribution >= 0.6 is 23.4 Å². The maximum absolute atomic E-state index is 6.35. The van der Waals surface area contributed by atoms with Crippen molar-refractivity contribution >= 4 is 29.1 Å². The Labute approximate surface area is 126 Å². The summed E-state index contributed by atoms with van der Waals surface area (Å²) >= 11 is 8.25. The van der Waals surface area contributed by atoms with E-state index >= 15 is 0 Å². The maximum Gasteiger partial charge on any atom is 0.0471 e. The fraction of sp³-hybridized carbons (Fsp3) is 0.600. The summed E-state index contributed by atoms with van der Waals surface area (Å²) in [6.45, 7) is 6.16. The lowest BCUT2D eigenvalue weighted by Crippen LogP contribution is -2.30. The molecule has 0 heterocycles. The van der Waals surface area contributed by atoms with Crippen LogP contribution < -0.4 is 10.2 Å². The minimum Gasteiger partial charge on any atom is -0.372 e. The number of anilines is 1. The molecule has 0 aliphatic carbocycles. The van der Waals surface area contributed by atoms with Crippen molar-refractivity contribution in [2.24, 2.45) is 0 Å². The van der Waals surface area contributed by atoms with Gasteiger partial charge in [0.15, 0.2) is 0 Å². The van der Waals surface area contributed by atoms with E-state index in [1.807, 2.05) is 23.9 Å². The third-order valence-corrected chi connectivity index (χ3v) is 4.42. The number of thioether (sulfide) groups is 1. The molecule has 0 spiro atoms. The van der Waals surface area contributed by atoms with Crippen molar-refractivity contribution in [3.05, 3.63) is 28.8 Å². The molecule has 0 radical (unpaired) electrons. The lowest BCUT2D eigenvalue weighted by atomic mass is 10.1. The molecule has 0 aliphatic heterocycles. The van der Waals surface area contributed by atoms with Crippen molar-refractivity contribution in [2.45, 2.75) is 32.9 Å². The van der Waals surface area contributed by atoms with Crippen molar-refractivity contribution in [1.29, 1.82) is 0 Å². The number of benzene rings is 1. The van der Waals surface area contributed by atoms with Crippen LogP contribution in [0.1, 0.15) is 25.8 Å². The third kappa shape index (κ3) is 4.90. The van der Waals surface area contributed by atoms with Gasteiger partial charge >= 0.3 is 0 Å². The van der Waals surface area contributed by atoms with E-state index in [1.54, 1.807) is 0 Å². The second-order valence-electron chi connectivity index (χ2n) is 4.76. The van der Waals surface area contributed by atoms with Crippen molar-refractivity contribution in [3.63, 3.8) is 0 Å². The van der Waals surface area contributed by atoms with E-state index in [2.05, 4.69) is 43.4 Å². The molecule has 1 rings (SSSR count). The molecule has 19 heavy (non-hydrogen) atoms. The predicted molar refractivity (Wildman–Crippen MR) is 89.7 cm³/mol. The Morgan fingerprint density at radius 2 is 2.16 bits per heavy atom. The molecular formula is C15H25ClN2S. The molecule has 0 saturated carbocycles. The molecular weight excluding hydrogens is 276 g/mol. The zero-order chi connectivity index (χ0) is 14.3. The van der Waals surface area contributed by atoms with E-state index in [1.165, 1.54) is 23.4 Å². The van der Waals surface area contributed by atoms with Gasteiger partial charge in [-0.25, -0.2) is 0 Å². The van der Waals surface area contributed by atoms with Gasteiger partial charge in [-0.2, -0.15) is 11.8 Å². The van der Waals surface area contributed by atoms with Crippen LogP contribution in [0.25, 0.3) is 0 Å². The van der Waals surface area contributed by atoms with Gasteiger partial charge in [0.1, 0.15) is 0 Å². The first-order valence-electron chi connectivity index (χ1n) is 6.81. The smallest absolute Gasteiger partial charge is 0.0471 e. The van der Waals surface area contributed by atoms with Crippen molar-refractivity contribution in [3.8, 4) is 0 Å². The Bertz CT molecular complexity index is 384. The first kappa shape index (κ1) is 16.7. The van der Waals surface area contributed by atoms with Gasteiger partial charge in [-0.3, -0.25) is 0 Å². The third-order valence-electron chi connectivity index (χ3n) is 3.43. The number of nitrogens with one attached hydrogen (secondary N) is 1. The van der Waals surface area contributed by atoms with Crippen LogP contribution in [0.3, 0.4) is 0 Å². The van der Waals surface area contributed by atoms with E-state index in [9.17, 15) is 0 Å². The van der Waals surface area contributed by atoms with E-state index in [0.29, 0.717) is 6.04 Å². The number of nitrogens with zero attached hydrogens (tertiary/aromatic N) is 1. The summed E-state index contributed by atoms with van der Waals surface area (Å²) in [5.41, 5.74) is 2.44. The second kappa shape index (κ2) is 8.72. The van der Waals surface area contributed by atoms with Crippen LogP contribution in [0.4, 0.5) is 5.69 Å². The minimum atomic E-state index is 0.520. The molecule has 0 bridgehead atoms. The van der Waals surface area contributed by atoms with Gasteiger partial charge in [-0.1, -0.05) is 24.6 Å². The summed E-state index contributed by atoms with van der Waals surface area (Å²) in [5, 5.41) is 4.22. The zero-order valence-electron chi connectivity index (χ0n) is 12.4. The monoisotopic (exact) mass is 300 g/mol. The maximum atomic E-state index is 6.35. The number of hydrogen-bond donors (Lipinski definition) is 1. The molecule has 0 saturated heterocycles. The summed E-state index contributed by atoms with van der Waals surface area (Å²) in [6.07, 6.45) is 3.34. The van der Waals surface area contributed by atoms with Crippen molar-refractivity contribution in [1.82, 2.24) is 5.32 Å². The topological polar surface area (TPSA) is 15.3 Å². The molecule has 1 atom stereocenters. The van der Waals surface area contributed by atoms with E-state index in [0.717, 1.165) is 18.1 Å². The average molecular weight is 301 g/mol. The van der Waals surface area contributed by atoms with Crippen LogP contribution in [0.5, 0.6) is 0 Å². The lowest BCUT2D eigenvalue weighted by Gasteiger charge is -2.29. The van der Waals surface area contributed by atoms with Crippen LogP contribution in [0, 0.1) is 0 Å². The van der Waals surface area contributed by atoms with Gasteiger partial charge in [0.25, 0.3) is 0 Å². The van der Waals surface area contributed by atoms with Crippen LogP contribution in [-0.2, 0) is 6.54 Å². The molecule has 2 nitrogen and oxygen atoms in total. The van der Waals surface area contributed by atoms with Gasteiger partial charge in [0.2, 0.25) is 0 Å². The number of halogens is 1. The molecule has 0 fully saturated rings. The van der Waals surface area contributed by atoms with Gasteiger partial charge < -0.3 is 10.2 Å². The van der Waals surface area contributed by atoms with E-state index in [4.69, 9.17) is 11.6 Å². The standard InChI is InChI=1S/C15H25ClN2S/c1-5-17-11-13-14(16)7-6-8-15(13)18(3)12(2)9-10-19-4/h6-8,12,17H,5,9-11H2,1-4H3. The summed E-state index contributed by atoms with van der Waals surface area (Å²) < 4.78 is 0. The molecule has 1 unspecified atom stereocenters. The molecule has 108 valence electrons. The summed E-state index contributed by atoms with van der Waals surface area (Å²) in [5.74, 6) is 1.19. The summed E-state index contributed by atoms with van der Waals surface area (Å²) in [6, 6.07) is 6.68. The molecule has 0 aromatic heterocycles. The highest BCUT2D eigenvalue weighted by Gasteiger charge is 2.15. The Hall–Kier alpha value is -0.380. The highest BCUT2D eigenvalue weighted by Crippen LogP contribution is 2.28. The molecule has 1 aromatic rings. The number of hydrogen-bond acceptors (Lipinski definition) is 3. The predicted octanol–water partition coefficient (Wildman–Crippen LogP) is 4.03. The fourth-order valence-electron chi connectivity index (χ4n) is 2.02. The fourth-order valence-corrected chi connectivity index (χ4v) is 2.84. The largest absolute Gasteiger partial charge is 0.372 e. The summed E-state index contributed by atoms with van der Waals surface area (Å²) in [4.78, 5) is 2.34. The first-order chi connectivity index (χ1) is 9.11. The van der Waals surface area contributed by atoms with Gasteiger partial charge in [0.05, 0.1) is 0 Å². The Morgan fingerprint density at radius 3 is 2.79 bits per heavy atom. The first-order valence-corrected chi connectivity index (χ1v) is 8.58. The SMILES string of the molecule is CCNCc1c(Cl)cccc1N(C)C(C)CCSC. The van der Waals surface area contributed by atoms with Crippen LogP contribution in [0.2, 0.25) is 5.02 Å². The van der Waals surface area contributed by atoms with E-state index < -0.39 is 0 Å². The quantitative estimate of drug-likeness (QED) is 0.780. The molecule has 0 amide bonds. The summed E-state index contributed by atoms with van der Waals surface area (Å²) in [7, 11) is 2.16. The van der Waals surface area contributed by atoms with Crippen molar-refractivity contribution < 1.29 is 0 Å². The van der Waals surface area contributed by atoms with Gasteiger partial charge in [-0.05, 0) is 44.0 Å². The van der Waals surface area contributed by atoms with Crippen molar-refractivity contribution in [2.75, 3.05) is 30.5 Å². The molecule has 4 heteroatoms. The molecule has 1 N–H and O–H groups in total. The Kier molecular flexibility index (Phi) is 7.66. The normalized spacial score (nSPS) is 12.5.